The molecule has 5 nitrogen and oxygen atoms in total. The van der Waals surface area contributed by atoms with Gasteiger partial charge in [-0.25, -0.2) is 9.18 Å². The number of nitrogens with one attached hydrogen (secondary N) is 1. The number of amides is 1. The highest BCUT2D eigenvalue weighted by atomic mass is 19.1. The molecule has 1 aromatic rings. The number of halogens is 1. The molecule has 24 heavy (non-hydrogen) atoms. The Morgan fingerprint density at radius 1 is 1.12 bits per heavy atom. The first-order valence-corrected chi connectivity index (χ1v) is 8.19. The molecule has 0 aliphatic heterocycles. The Morgan fingerprint density at radius 2 is 1.62 bits per heavy atom. The van der Waals surface area contributed by atoms with Gasteiger partial charge >= 0.3 is 5.97 Å². The summed E-state index contributed by atoms with van der Waals surface area (Å²) in [6, 6.07) is 4.95. The molecule has 6 heteroatoms. The van der Waals surface area contributed by atoms with Crippen LogP contribution in [-0.4, -0.2) is 27.7 Å². The summed E-state index contributed by atoms with van der Waals surface area (Å²) < 4.78 is 13.1. The summed E-state index contributed by atoms with van der Waals surface area (Å²) in [7, 11) is 0. The van der Waals surface area contributed by atoms with Gasteiger partial charge in [0.05, 0.1) is 12.0 Å². The van der Waals surface area contributed by atoms with Gasteiger partial charge in [0.15, 0.2) is 5.54 Å². The van der Waals surface area contributed by atoms with E-state index in [1.165, 1.54) is 19.1 Å². The third-order valence-electron chi connectivity index (χ3n) is 4.16. The van der Waals surface area contributed by atoms with Crippen molar-refractivity contribution in [1.29, 1.82) is 0 Å². The van der Waals surface area contributed by atoms with E-state index in [1.807, 2.05) is 13.8 Å². The quantitative estimate of drug-likeness (QED) is 0.645. The number of rotatable bonds is 9. The maximum Gasteiger partial charge on any atom is 0.333 e. The minimum Gasteiger partial charge on any atom is -0.479 e. The molecule has 0 aliphatic rings. The standard InChI is InChI=1S/C18H26FNO4/c1-4-10-18(24,11-5-2)12-15(21)20-17(3,16(22)23)13-6-8-14(19)9-7-13/h6-9,24H,4-5,10-12H2,1-3H3,(H,20,21)(H,22,23). The van der Waals surface area contributed by atoms with Crippen molar-refractivity contribution < 1.29 is 24.2 Å². The maximum atomic E-state index is 13.1. The van der Waals surface area contributed by atoms with E-state index in [1.54, 1.807) is 0 Å². The third-order valence-corrected chi connectivity index (χ3v) is 4.16. The van der Waals surface area contributed by atoms with E-state index in [0.29, 0.717) is 12.8 Å². The van der Waals surface area contributed by atoms with Crippen LogP contribution in [0.15, 0.2) is 24.3 Å². The van der Waals surface area contributed by atoms with Crippen LogP contribution in [0.2, 0.25) is 0 Å². The second kappa shape index (κ2) is 8.24. The van der Waals surface area contributed by atoms with Gasteiger partial charge in [-0.2, -0.15) is 0 Å². The van der Waals surface area contributed by atoms with Crippen molar-refractivity contribution in [3.05, 3.63) is 35.6 Å². The van der Waals surface area contributed by atoms with E-state index in [2.05, 4.69) is 5.32 Å². The number of hydrogen-bond acceptors (Lipinski definition) is 3. The lowest BCUT2D eigenvalue weighted by atomic mass is 9.87. The van der Waals surface area contributed by atoms with Crippen LogP contribution in [0, 0.1) is 5.82 Å². The normalized spacial score (nSPS) is 14.0. The van der Waals surface area contributed by atoms with Gasteiger partial charge in [-0.3, -0.25) is 4.79 Å². The van der Waals surface area contributed by atoms with E-state index in [9.17, 15) is 24.2 Å². The lowest BCUT2D eigenvalue weighted by molar-refractivity contribution is -0.148. The lowest BCUT2D eigenvalue weighted by Gasteiger charge is -2.31. The Kier molecular flexibility index (Phi) is 6.90. The molecule has 1 rings (SSSR count). The van der Waals surface area contributed by atoms with Crippen molar-refractivity contribution in [3.8, 4) is 0 Å². The number of carbonyl (C=O) groups excluding carboxylic acids is 1. The van der Waals surface area contributed by atoms with Crippen LogP contribution in [0.1, 0.15) is 58.4 Å². The molecule has 0 aliphatic carbocycles. The largest absolute Gasteiger partial charge is 0.479 e. The number of benzene rings is 1. The summed E-state index contributed by atoms with van der Waals surface area (Å²) in [5.74, 6) is -2.29. The molecule has 0 saturated heterocycles. The number of carbonyl (C=O) groups is 2. The molecule has 1 atom stereocenters. The highest BCUT2D eigenvalue weighted by molar-refractivity contribution is 5.88. The van der Waals surface area contributed by atoms with Gasteiger partial charge in [-0.15, -0.1) is 0 Å². The molecule has 134 valence electrons. The Labute approximate surface area is 141 Å². The maximum absolute atomic E-state index is 13.1. The van der Waals surface area contributed by atoms with Crippen LogP contribution in [0.5, 0.6) is 0 Å². The number of hydrogen-bond donors (Lipinski definition) is 3. The zero-order chi connectivity index (χ0) is 18.4. The van der Waals surface area contributed by atoms with Crippen LogP contribution >= 0.6 is 0 Å². The molecule has 0 spiro atoms. The number of aliphatic hydroxyl groups is 1. The minimum absolute atomic E-state index is 0.168. The summed E-state index contributed by atoms with van der Waals surface area (Å²) in [5, 5.41) is 22.6. The smallest absolute Gasteiger partial charge is 0.333 e. The van der Waals surface area contributed by atoms with Crippen molar-refractivity contribution >= 4 is 11.9 Å². The molecule has 3 N–H and O–H groups in total. The van der Waals surface area contributed by atoms with E-state index in [4.69, 9.17) is 0 Å². The Balaban J connectivity index is 2.97. The first-order chi connectivity index (χ1) is 11.2. The van der Waals surface area contributed by atoms with Crippen molar-refractivity contribution in [2.45, 2.75) is 64.0 Å². The predicted octanol–water partition coefficient (Wildman–Crippen LogP) is 2.96. The van der Waals surface area contributed by atoms with Gasteiger partial charge in [0.1, 0.15) is 5.82 Å². The van der Waals surface area contributed by atoms with Crippen molar-refractivity contribution in [2.24, 2.45) is 0 Å². The fraction of sp³-hybridized carbons (Fsp3) is 0.556. The van der Waals surface area contributed by atoms with Crippen molar-refractivity contribution in [2.75, 3.05) is 0 Å². The van der Waals surface area contributed by atoms with Gasteiger partial charge < -0.3 is 15.5 Å². The van der Waals surface area contributed by atoms with Gasteiger partial charge in [0.25, 0.3) is 0 Å². The first-order valence-electron chi connectivity index (χ1n) is 8.19. The topological polar surface area (TPSA) is 86.6 Å². The molecule has 0 heterocycles. The second-order valence-corrected chi connectivity index (χ2v) is 6.39. The zero-order valence-corrected chi connectivity index (χ0v) is 14.4. The molecular weight excluding hydrogens is 313 g/mol. The number of carboxylic acids is 1. The highest BCUT2D eigenvalue weighted by Gasteiger charge is 2.38. The van der Waals surface area contributed by atoms with Gasteiger partial charge in [0.2, 0.25) is 5.91 Å². The summed E-state index contributed by atoms with van der Waals surface area (Å²) in [5.41, 5.74) is -2.57. The fourth-order valence-corrected chi connectivity index (χ4v) is 2.89. The molecule has 0 saturated carbocycles. The van der Waals surface area contributed by atoms with Crippen LogP contribution in [-0.2, 0) is 15.1 Å². The zero-order valence-electron chi connectivity index (χ0n) is 14.4. The molecule has 0 fully saturated rings. The van der Waals surface area contributed by atoms with Crippen LogP contribution in [0.3, 0.4) is 0 Å². The summed E-state index contributed by atoms with van der Waals surface area (Å²) in [4.78, 5) is 24.0. The lowest BCUT2D eigenvalue weighted by Crippen LogP contribution is -2.51. The average Bonchev–Trinajstić information content (AvgIpc) is 2.47. The van der Waals surface area contributed by atoms with E-state index in [-0.39, 0.29) is 12.0 Å². The first kappa shape index (κ1) is 20.1. The summed E-state index contributed by atoms with van der Waals surface area (Å²) in [6.07, 6.45) is 2.21. The van der Waals surface area contributed by atoms with Crippen LogP contribution in [0.4, 0.5) is 4.39 Å². The second-order valence-electron chi connectivity index (χ2n) is 6.39. The Bertz CT molecular complexity index is 567. The van der Waals surface area contributed by atoms with Gasteiger partial charge in [0, 0.05) is 0 Å². The van der Waals surface area contributed by atoms with Crippen molar-refractivity contribution in [1.82, 2.24) is 5.32 Å². The van der Waals surface area contributed by atoms with E-state index in [0.717, 1.165) is 25.0 Å². The summed E-state index contributed by atoms with van der Waals surface area (Å²) in [6.45, 7) is 5.18. The van der Waals surface area contributed by atoms with Crippen molar-refractivity contribution in [3.63, 3.8) is 0 Å². The monoisotopic (exact) mass is 339 g/mol. The number of aliphatic carboxylic acids is 1. The molecule has 0 bridgehead atoms. The molecule has 0 radical (unpaired) electrons. The molecule has 1 aromatic carbocycles. The van der Waals surface area contributed by atoms with E-state index >= 15 is 0 Å². The Hall–Kier alpha value is -1.95. The third kappa shape index (κ3) is 5.03. The van der Waals surface area contributed by atoms with Gasteiger partial charge in [-0.1, -0.05) is 38.8 Å². The average molecular weight is 339 g/mol. The van der Waals surface area contributed by atoms with Crippen LogP contribution in [0.25, 0.3) is 0 Å². The molecular formula is C18H26FNO4. The number of carboxylic acid groups (broad SMARTS) is 1. The summed E-state index contributed by atoms with van der Waals surface area (Å²) >= 11 is 0. The minimum atomic E-state index is -1.69. The Morgan fingerprint density at radius 3 is 2.04 bits per heavy atom. The molecule has 1 unspecified atom stereocenters. The highest BCUT2D eigenvalue weighted by Crippen LogP contribution is 2.26. The molecule has 0 aromatic heterocycles. The fourth-order valence-electron chi connectivity index (χ4n) is 2.89. The molecule has 1 amide bonds. The van der Waals surface area contributed by atoms with E-state index < -0.39 is 28.8 Å². The SMILES string of the molecule is CCCC(O)(CCC)CC(=O)NC(C)(C(=O)O)c1ccc(F)cc1. The van der Waals surface area contributed by atoms with Gasteiger partial charge in [-0.05, 0) is 37.5 Å². The predicted molar refractivity (Wildman–Crippen MR) is 88.9 cm³/mol. The van der Waals surface area contributed by atoms with Crippen LogP contribution < -0.4 is 5.32 Å².